The number of nitrogens with zero attached hydrogens (tertiary/aromatic N) is 6. The number of hydrogen-bond donors (Lipinski definition) is 2. The van der Waals surface area contributed by atoms with Gasteiger partial charge >= 0.3 is 0 Å². The van der Waals surface area contributed by atoms with Gasteiger partial charge in [0.25, 0.3) is 12.0 Å². The standard InChI is InChI=1S/C22H17ClF2N8O/c1-10(29-20-14(7-26)19(27)30-11(2)31-20)21-32-16-5-3-4-15(23)17(16)22(34)33(21)13-6-12(18(24)25)8-28-9-13/h3-6,8-10,18H,1-2H3,(H3,27,29,30,31)/t10-/m0/s1. The molecule has 172 valence electrons. The summed E-state index contributed by atoms with van der Waals surface area (Å²) in [6, 6.07) is 7.18. The van der Waals surface area contributed by atoms with E-state index in [-0.39, 0.29) is 44.7 Å². The molecule has 0 saturated heterocycles. The van der Waals surface area contributed by atoms with E-state index in [9.17, 15) is 18.8 Å². The summed E-state index contributed by atoms with van der Waals surface area (Å²) in [6.45, 7) is 3.29. The zero-order valence-corrected chi connectivity index (χ0v) is 18.7. The summed E-state index contributed by atoms with van der Waals surface area (Å²) in [4.78, 5) is 30.2. The maximum atomic E-state index is 13.5. The minimum atomic E-state index is -2.79. The first-order valence-corrected chi connectivity index (χ1v) is 10.3. The van der Waals surface area contributed by atoms with E-state index in [1.165, 1.54) is 12.3 Å². The van der Waals surface area contributed by atoms with Crippen molar-refractivity contribution in [3.05, 3.63) is 74.8 Å². The third-order valence-corrected chi connectivity index (χ3v) is 5.34. The Kier molecular flexibility index (Phi) is 6.08. The van der Waals surface area contributed by atoms with Crippen LogP contribution in [-0.2, 0) is 0 Å². The Morgan fingerprint density at radius 3 is 2.71 bits per heavy atom. The Hall–Kier alpha value is -4.17. The predicted molar refractivity (Wildman–Crippen MR) is 123 cm³/mol. The normalized spacial score (nSPS) is 12.0. The van der Waals surface area contributed by atoms with E-state index in [2.05, 4.69) is 25.3 Å². The van der Waals surface area contributed by atoms with Crippen molar-refractivity contribution >= 4 is 34.1 Å². The number of benzene rings is 1. The van der Waals surface area contributed by atoms with Gasteiger partial charge in [-0.25, -0.2) is 23.7 Å². The molecule has 3 heterocycles. The van der Waals surface area contributed by atoms with Crippen molar-refractivity contribution in [2.24, 2.45) is 0 Å². The zero-order valence-electron chi connectivity index (χ0n) is 17.9. The summed E-state index contributed by atoms with van der Waals surface area (Å²) in [5, 5.41) is 12.8. The average Bonchev–Trinajstić information content (AvgIpc) is 2.78. The fourth-order valence-electron chi connectivity index (χ4n) is 3.51. The molecule has 4 rings (SSSR count). The second-order valence-corrected chi connectivity index (χ2v) is 7.79. The Morgan fingerprint density at radius 2 is 2.00 bits per heavy atom. The van der Waals surface area contributed by atoms with E-state index in [1.807, 2.05) is 6.07 Å². The topological polar surface area (TPSA) is 135 Å². The number of halogens is 3. The molecular weight excluding hydrogens is 466 g/mol. The number of hydrogen-bond acceptors (Lipinski definition) is 8. The van der Waals surface area contributed by atoms with E-state index in [4.69, 9.17) is 17.3 Å². The van der Waals surface area contributed by atoms with Crippen LogP contribution in [0.3, 0.4) is 0 Å². The number of alkyl halides is 2. The minimum absolute atomic E-state index is 0.00539. The van der Waals surface area contributed by atoms with Crippen LogP contribution in [0.5, 0.6) is 0 Å². The van der Waals surface area contributed by atoms with Crippen LogP contribution in [0.2, 0.25) is 5.02 Å². The molecule has 34 heavy (non-hydrogen) atoms. The molecule has 0 aliphatic carbocycles. The molecule has 1 atom stereocenters. The minimum Gasteiger partial charge on any atom is -0.382 e. The molecule has 0 amide bonds. The summed E-state index contributed by atoms with van der Waals surface area (Å²) < 4.78 is 27.9. The summed E-state index contributed by atoms with van der Waals surface area (Å²) in [7, 11) is 0. The molecule has 0 spiro atoms. The number of pyridine rings is 1. The van der Waals surface area contributed by atoms with Crippen LogP contribution in [0.25, 0.3) is 16.6 Å². The maximum absolute atomic E-state index is 13.5. The average molecular weight is 483 g/mol. The van der Waals surface area contributed by atoms with Gasteiger partial charge in [0, 0.05) is 11.8 Å². The largest absolute Gasteiger partial charge is 0.382 e. The van der Waals surface area contributed by atoms with Crippen LogP contribution in [0.4, 0.5) is 20.4 Å². The van der Waals surface area contributed by atoms with Crippen LogP contribution in [0.15, 0.2) is 41.5 Å². The highest BCUT2D eigenvalue weighted by atomic mass is 35.5. The number of nitriles is 1. The van der Waals surface area contributed by atoms with Crippen molar-refractivity contribution in [2.75, 3.05) is 11.1 Å². The number of anilines is 2. The van der Waals surface area contributed by atoms with Crippen LogP contribution >= 0.6 is 11.6 Å². The third kappa shape index (κ3) is 4.11. The fraction of sp³-hybridized carbons (Fsp3) is 0.182. The van der Waals surface area contributed by atoms with E-state index in [0.717, 1.165) is 16.8 Å². The number of nitrogens with one attached hydrogen (secondary N) is 1. The van der Waals surface area contributed by atoms with Crippen molar-refractivity contribution < 1.29 is 8.78 Å². The summed E-state index contributed by atoms with van der Waals surface area (Å²) in [5.74, 6) is 0.628. The van der Waals surface area contributed by atoms with Crippen molar-refractivity contribution in [2.45, 2.75) is 26.3 Å². The summed E-state index contributed by atoms with van der Waals surface area (Å²) >= 11 is 6.27. The van der Waals surface area contributed by atoms with Gasteiger partial charge < -0.3 is 11.1 Å². The van der Waals surface area contributed by atoms with E-state index in [0.29, 0.717) is 11.3 Å². The first-order valence-electron chi connectivity index (χ1n) is 9.96. The van der Waals surface area contributed by atoms with Crippen molar-refractivity contribution in [3.8, 4) is 11.8 Å². The molecule has 12 heteroatoms. The molecule has 0 aliphatic rings. The van der Waals surface area contributed by atoms with Gasteiger partial charge in [-0.05, 0) is 32.0 Å². The maximum Gasteiger partial charge on any atom is 0.267 e. The van der Waals surface area contributed by atoms with Gasteiger partial charge in [0.2, 0.25) is 0 Å². The lowest BCUT2D eigenvalue weighted by atomic mass is 10.2. The van der Waals surface area contributed by atoms with E-state index in [1.54, 1.807) is 26.0 Å². The van der Waals surface area contributed by atoms with Crippen LogP contribution in [0.1, 0.15) is 42.2 Å². The van der Waals surface area contributed by atoms with Gasteiger partial charge in [-0.2, -0.15) is 5.26 Å². The van der Waals surface area contributed by atoms with E-state index >= 15 is 0 Å². The second kappa shape index (κ2) is 8.99. The summed E-state index contributed by atoms with van der Waals surface area (Å²) in [5.41, 5.74) is 5.35. The molecule has 3 N–H and O–H groups in total. The smallest absolute Gasteiger partial charge is 0.267 e. The highest BCUT2D eigenvalue weighted by Crippen LogP contribution is 2.27. The molecule has 3 aromatic heterocycles. The number of aromatic nitrogens is 5. The van der Waals surface area contributed by atoms with Crippen LogP contribution < -0.4 is 16.6 Å². The second-order valence-electron chi connectivity index (χ2n) is 7.38. The molecule has 0 fully saturated rings. The monoisotopic (exact) mass is 482 g/mol. The Balaban J connectivity index is 1.96. The first kappa shape index (κ1) is 23.0. The molecular formula is C22H17ClF2N8O. The SMILES string of the molecule is Cc1nc(N)c(C#N)c(N[C@@H](C)c2nc3cccc(Cl)c3c(=O)n2-c2cncc(C(F)F)c2)n1. The number of rotatable bonds is 5. The number of nitrogen functional groups attached to an aromatic ring is 1. The zero-order chi connectivity index (χ0) is 24.6. The molecule has 0 aliphatic heterocycles. The summed E-state index contributed by atoms with van der Waals surface area (Å²) in [6.07, 6.45) is -0.487. The lowest BCUT2D eigenvalue weighted by Crippen LogP contribution is -2.28. The highest BCUT2D eigenvalue weighted by Gasteiger charge is 2.22. The fourth-order valence-corrected chi connectivity index (χ4v) is 3.76. The highest BCUT2D eigenvalue weighted by molar-refractivity contribution is 6.35. The number of nitrogens with two attached hydrogens (primary N) is 1. The van der Waals surface area contributed by atoms with Gasteiger partial charge in [-0.3, -0.25) is 14.3 Å². The Bertz CT molecular complexity index is 1520. The lowest BCUT2D eigenvalue weighted by Gasteiger charge is -2.21. The first-order chi connectivity index (χ1) is 16.2. The molecule has 9 nitrogen and oxygen atoms in total. The Labute approximate surface area is 196 Å². The predicted octanol–water partition coefficient (Wildman–Crippen LogP) is 4.10. The van der Waals surface area contributed by atoms with Gasteiger partial charge in [-0.15, -0.1) is 0 Å². The van der Waals surface area contributed by atoms with E-state index < -0.39 is 18.0 Å². The van der Waals surface area contributed by atoms with Crippen LogP contribution in [0, 0.1) is 18.3 Å². The van der Waals surface area contributed by atoms with Gasteiger partial charge in [0.05, 0.1) is 33.9 Å². The van der Waals surface area contributed by atoms with Gasteiger partial charge in [0.1, 0.15) is 29.1 Å². The molecule has 0 unspecified atom stereocenters. The van der Waals surface area contributed by atoms with Crippen molar-refractivity contribution in [1.82, 2.24) is 24.5 Å². The van der Waals surface area contributed by atoms with Crippen LogP contribution in [-0.4, -0.2) is 24.5 Å². The Morgan fingerprint density at radius 1 is 1.24 bits per heavy atom. The van der Waals surface area contributed by atoms with Crippen molar-refractivity contribution in [1.29, 1.82) is 5.26 Å². The van der Waals surface area contributed by atoms with Crippen molar-refractivity contribution in [3.63, 3.8) is 0 Å². The third-order valence-electron chi connectivity index (χ3n) is 5.03. The molecule has 1 aromatic carbocycles. The molecule has 0 radical (unpaired) electrons. The number of fused-ring (bicyclic) bond motifs is 1. The quantitative estimate of drug-likeness (QED) is 0.434. The van der Waals surface area contributed by atoms with Gasteiger partial charge in [-0.1, -0.05) is 17.7 Å². The number of aryl methyl sites for hydroxylation is 1. The molecule has 4 aromatic rings. The molecule has 0 bridgehead atoms. The van der Waals surface area contributed by atoms with Gasteiger partial charge in [0.15, 0.2) is 5.82 Å². The molecule has 0 saturated carbocycles. The lowest BCUT2D eigenvalue weighted by molar-refractivity contribution is 0.151.